The standard InChI is InChI=1S/C37H72O4/c1-3-5-7-9-10-11-12-13-14-15-16-17-18-19-20-26-30-34-37(40)41-35(31-27-23-8-6-4-2)32-28-24-21-22-25-29-33-36(38)39/h35H,3-34H2,1-2H3,(H,38,39). The molecule has 0 aliphatic heterocycles. The highest BCUT2D eigenvalue weighted by molar-refractivity contribution is 5.69. The number of ether oxygens (including phenoxy) is 1. The highest BCUT2D eigenvalue weighted by atomic mass is 16.5. The van der Waals surface area contributed by atoms with Crippen LogP contribution in [0.4, 0.5) is 0 Å². The summed E-state index contributed by atoms with van der Waals surface area (Å²) < 4.78 is 5.95. The summed E-state index contributed by atoms with van der Waals surface area (Å²) in [4.78, 5) is 23.2. The van der Waals surface area contributed by atoms with Gasteiger partial charge >= 0.3 is 11.9 Å². The van der Waals surface area contributed by atoms with Gasteiger partial charge in [-0.15, -0.1) is 0 Å². The third-order valence-electron chi connectivity index (χ3n) is 8.58. The number of aliphatic carboxylic acids is 1. The van der Waals surface area contributed by atoms with Crippen LogP contribution in [0.5, 0.6) is 0 Å². The Balaban J connectivity index is 3.77. The van der Waals surface area contributed by atoms with E-state index in [9.17, 15) is 9.59 Å². The van der Waals surface area contributed by atoms with E-state index in [2.05, 4.69) is 13.8 Å². The number of esters is 1. The van der Waals surface area contributed by atoms with E-state index in [1.54, 1.807) is 0 Å². The molecule has 244 valence electrons. The Labute approximate surface area is 256 Å². The second-order valence-electron chi connectivity index (χ2n) is 12.8. The number of unbranched alkanes of at least 4 members (excludes halogenated alkanes) is 25. The average Bonchev–Trinajstić information content (AvgIpc) is 2.95. The molecule has 1 atom stereocenters. The fourth-order valence-electron chi connectivity index (χ4n) is 5.83. The fraction of sp³-hybridized carbons (Fsp3) is 0.946. The first-order valence-electron chi connectivity index (χ1n) is 18.5. The molecule has 0 spiro atoms. The molecule has 0 heterocycles. The molecule has 0 saturated heterocycles. The lowest BCUT2D eigenvalue weighted by Gasteiger charge is -2.18. The number of carbonyl (C=O) groups is 2. The van der Waals surface area contributed by atoms with Gasteiger partial charge in [-0.25, -0.2) is 0 Å². The van der Waals surface area contributed by atoms with Crippen LogP contribution in [0.1, 0.15) is 219 Å². The molecule has 0 aliphatic rings. The Kier molecular flexibility index (Phi) is 32.6. The van der Waals surface area contributed by atoms with Crippen molar-refractivity contribution >= 4 is 11.9 Å². The summed E-state index contributed by atoms with van der Waals surface area (Å²) in [5, 5.41) is 8.74. The van der Waals surface area contributed by atoms with Crippen molar-refractivity contribution in [2.45, 2.75) is 225 Å². The molecule has 0 rings (SSSR count). The van der Waals surface area contributed by atoms with Gasteiger partial charge in [0.05, 0.1) is 0 Å². The Morgan fingerprint density at radius 3 is 1.07 bits per heavy atom. The van der Waals surface area contributed by atoms with Gasteiger partial charge in [-0.1, -0.05) is 168 Å². The monoisotopic (exact) mass is 581 g/mol. The van der Waals surface area contributed by atoms with Crippen molar-refractivity contribution in [1.29, 1.82) is 0 Å². The quantitative estimate of drug-likeness (QED) is 0.0607. The number of carboxylic acid groups (broad SMARTS) is 1. The van der Waals surface area contributed by atoms with E-state index in [1.165, 1.54) is 122 Å². The summed E-state index contributed by atoms with van der Waals surface area (Å²) in [6.45, 7) is 4.53. The first-order valence-corrected chi connectivity index (χ1v) is 18.5. The molecule has 0 fully saturated rings. The predicted molar refractivity (Wildman–Crippen MR) is 177 cm³/mol. The highest BCUT2D eigenvalue weighted by Gasteiger charge is 2.14. The minimum Gasteiger partial charge on any atom is -0.481 e. The van der Waals surface area contributed by atoms with E-state index in [0.29, 0.717) is 6.42 Å². The molecule has 0 aromatic rings. The number of hydrogen-bond donors (Lipinski definition) is 1. The van der Waals surface area contributed by atoms with Crippen molar-refractivity contribution in [3.05, 3.63) is 0 Å². The van der Waals surface area contributed by atoms with Gasteiger partial charge in [-0.05, 0) is 38.5 Å². The van der Waals surface area contributed by atoms with Crippen LogP contribution in [0, 0.1) is 0 Å². The Morgan fingerprint density at radius 1 is 0.439 bits per heavy atom. The Bertz CT molecular complexity index is 547. The molecule has 0 radical (unpaired) electrons. The lowest BCUT2D eigenvalue weighted by Crippen LogP contribution is -2.18. The first-order chi connectivity index (χ1) is 20.1. The Morgan fingerprint density at radius 2 is 0.732 bits per heavy atom. The normalized spacial score (nSPS) is 12.0. The molecule has 0 aliphatic carbocycles. The number of carbonyl (C=O) groups excluding carboxylic acids is 1. The zero-order chi connectivity index (χ0) is 30.1. The maximum Gasteiger partial charge on any atom is 0.306 e. The van der Waals surface area contributed by atoms with Crippen molar-refractivity contribution in [1.82, 2.24) is 0 Å². The van der Waals surface area contributed by atoms with Crippen molar-refractivity contribution in [3.8, 4) is 0 Å². The van der Waals surface area contributed by atoms with Gasteiger partial charge in [0.15, 0.2) is 0 Å². The van der Waals surface area contributed by atoms with E-state index in [1.807, 2.05) is 0 Å². The molecule has 0 bridgehead atoms. The van der Waals surface area contributed by atoms with Crippen LogP contribution in [0.25, 0.3) is 0 Å². The van der Waals surface area contributed by atoms with E-state index in [4.69, 9.17) is 9.84 Å². The number of hydrogen-bond acceptors (Lipinski definition) is 3. The molecule has 0 saturated carbocycles. The molecule has 1 unspecified atom stereocenters. The van der Waals surface area contributed by atoms with Gasteiger partial charge in [-0.3, -0.25) is 9.59 Å². The smallest absolute Gasteiger partial charge is 0.306 e. The third kappa shape index (κ3) is 33.3. The molecule has 0 aromatic carbocycles. The predicted octanol–water partition coefficient (Wildman–Crippen LogP) is 12.5. The van der Waals surface area contributed by atoms with E-state index in [0.717, 1.165) is 70.6 Å². The SMILES string of the molecule is CCCCCCCCCCCCCCCCCCCC(=O)OC(CCCCCCC)CCCCCCCCC(=O)O. The largest absolute Gasteiger partial charge is 0.481 e. The van der Waals surface area contributed by atoms with E-state index in [-0.39, 0.29) is 18.5 Å². The minimum absolute atomic E-state index is 0.0122. The molecule has 0 aromatic heterocycles. The van der Waals surface area contributed by atoms with Gasteiger partial charge in [0.25, 0.3) is 0 Å². The second-order valence-corrected chi connectivity index (χ2v) is 12.8. The lowest BCUT2D eigenvalue weighted by molar-refractivity contribution is -0.150. The fourth-order valence-corrected chi connectivity index (χ4v) is 5.83. The first kappa shape index (κ1) is 39.9. The van der Waals surface area contributed by atoms with Crippen LogP contribution in [0.3, 0.4) is 0 Å². The van der Waals surface area contributed by atoms with Crippen LogP contribution >= 0.6 is 0 Å². The molecular weight excluding hydrogens is 508 g/mol. The molecule has 0 amide bonds. The molecule has 4 heteroatoms. The van der Waals surface area contributed by atoms with Gasteiger partial charge in [0, 0.05) is 12.8 Å². The Hall–Kier alpha value is -1.06. The van der Waals surface area contributed by atoms with E-state index >= 15 is 0 Å². The zero-order valence-corrected chi connectivity index (χ0v) is 27.9. The summed E-state index contributed by atoms with van der Waals surface area (Å²) in [5.74, 6) is -0.679. The summed E-state index contributed by atoms with van der Waals surface area (Å²) >= 11 is 0. The van der Waals surface area contributed by atoms with Crippen LogP contribution in [0.2, 0.25) is 0 Å². The summed E-state index contributed by atoms with van der Waals surface area (Å²) in [6.07, 6.45) is 38.5. The zero-order valence-electron chi connectivity index (χ0n) is 27.9. The average molecular weight is 581 g/mol. The van der Waals surface area contributed by atoms with Gasteiger partial charge in [-0.2, -0.15) is 0 Å². The lowest BCUT2D eigenvalue weighted by atomic mass is 10.0. The van der Waals surface area contributed by atoms with E-state index < -0.39 is 5.97 Å². The number of rotatable bonds is 34. The van der Waals surface area contributed by atoms with Crippen LogP contribution < -0.4 is 0 Å². The third-order valence-corrected chi connectivity index (χ3v) is 8.58. The van der Waals surface area contributed by atoms with Crippen molar-refractivity contribution in [2.75, 3.05) is 0 Å². The molecule has 41 heavy (non-hydrogen) atoms. The second kappa shape index (κ2) is 33.4. The molecule has 1 N–H and O–H groups in total. The number of carboxylic acids is 1. The summed E-state index contributed by atoms with van der Waals surface area (Å²) in [6, 6.07) is 0. The minimum atomic E-state index is -0.691. The van der Waals surface area contributed by atoms with Crippen molar-refractivity contribution < 1.29 is 19.4 Å². The van der Waals surface area contributed by atoms with Gasteiger partial charge in [0.2, 0.25) is 0 Å². The maximum atomic E-state index is 12.5. The summed E-state index contributed by atoms with van der Waals surface area (Å²) in [7, 11) is 0. The molecular formula is C37H72O4. The topological polar surface area (TPSA) is 63.6 Å². The van der Waals surface area contributed by atoms with Crippen molar-refractivity contribution in [2.24, 2.45) is 0 Å². The van der Waals surface area contributed by atoms with Crippen LogP contribution in [-0.4, -0.2) is 23.1 Å². The van der Waals surface area contributed by atoms with Crippen LogP contribution in [0.15, 0.2) is 0 Å². The van der Waals surface area contributed by atoms with Crippen molar-refractivity contribution in [3.63, 3.8) is 0 Å². The van der Waals surface area contributed by atoms with Gasteiger partial charge in [0.1, 0.15) is 6.10 Å². The van der Waals surface area contributed by atoms with Gasteiger partial charge < -0.3 is 9.84 Å². The maximum absolute atomic E-state index is 12.5. The van der Waals surface area contributed by atoms with Crippen LogP contribution in [-0.2, 0) is 14.3 Å². The molecule has 4 nitrogen and oxygen atoms in total. The summed E-state index contributed by atoms with van der Waals surface area (Å²) in [5.41, 5.74) is 0. The highest BCUT2D eigenvalue weighted by Crippen LogP contribution is 2.19.